The first-order valence-corrected chi connectivity index (χ1v) is 8.28. The van der Waals surface area contributed by atoms with Crippen LogP contribution in [0.15, 0.2) is 48.9 Å². The Balaban J connectivity index is 1.78. The fraction of sp³-hybridized carbons (Fsp3) is 0.105. The largest absolute Gasteiger partial charge is 0.416 e. The van der Waals surface area contributed by atoms with Gasteiger partial charge in [-0.3, -0.25) is 10.2 Å². The Bertz CT molecular complexity index is 1060. The van der Waals surface area contributed by atoms with Gasteiger partial charge in [-0.1, -0.05) is 12.1 Å². The Morgan fingerprint density at radius 1 is 1.07 bits per heavy atom. The highest BCUT2D eigenvalue weighted by Gasteiger charge is 2.30. The first kappa shape index (κ1) is 19.9. The van der Waals surface area contributed by atoms with Gasteiger partial charge in [0, 0.05) is 17.3 Å². The number of hydrogen-bond donors (Lipinski definition) is 3. The fourth-order valence-electron chi connectivity index (χ4n) is 2.60. The Labute approximate surface area is 163 Å². The molecule has 1 amide bonds. The number of halogens is 3. The fourth-order valence-corrected chi connectivity index (χ4v) is 2.60. The highest BCUT2D eigenvalue weighted by atomic mass is 19.4. The molecule has 148 valence electrons. The lowest BCUT2D eigenvalue weighted by Gasteiger charge is -2.11. The van der Waals surface area contributed by atoms with Gasteiger partial charge in [-0.25, -0.2) is 15.0 Å². The van der Waals surface area contributed by atoms with E-state index in [-0.39, 0.29) is 22.9 Å². The Hall–Kier alpha value is -3.82. The van der Waals surface area contributed by atoms with E-state index in [1.54, 1.807) is 6.92 Å². The van der Waals surface area contributed by atoms with E-state index < -0.39 is 17.6 Å². The van der Waals surface area contributed by atoms with Crippen molar-refractivity contribution in [3.63, 3.8) is 0 Å². The third kappa shape index (κ3) is 4.37. The monoisotopic (exact) mass is 400 g/mol. The third-order valence-electron chi connectivity index (χ3n) is 4.08. The number of benzene rings is 1. The minimum Gasteiger partial charge on any atom is -0.383 e. The first-order chi connectivity index (χ1) is 13.7. The van der Waals surface area contributed by atoms with Gasteiger partial charge in [0.2, 0.25) is 0 Å². The summed E-state index contributed by atoms with van der Waals surface area (Å²) in [7, 11) is 0. The van der Waals surface area contributed by atoms with Gasteiger partial charge in [-0.05, 0) is 31.2 Å². The number of rotatable bonds is 4. The van der Waals surface area contributed by atoms with Crippen LogP contribution in [0.2, 0.25) is 0 Å². The molecule has 4 N–H and O–H groups in total. The number of nitrogen functional groups attached to an aromatic ring is 1. The predicted molar refractivity (Wildman–Crippen MR) is 101 cm³/mol. The molecule has 0 bridgehead atoms. The number of hydrogen-bond acceptors (Lipinski definition) is 6. The van der Waals surface area contributed by atoms with Crippen LogP contribution in [0.4, 0.5) is 24.8 Å². The second kappa shape index (κ2) is 7.66. The van der Waals surface area contributed by atoms with Gasteiger partial charge in [-0.2, -0.15) is 13.2 Å². The molecule has 7 nitrogen and oxygen atoms in total. The molecule has 0 fully saturated rings. The summed E-state index contributed by atoms with van der Waals surface area (Å²) in [6.45, 7) is 1.70. The van der Waals surface area contributed by atoms with Gasteiger partial charge in [-0.15, -0.1) is 0 Å². The maximum absolute atomic E-state index is 12.8. The van der Waals surface area contributed by atoms with E-state index in [4.69, 9.17) is 11.1 Å². The van der Waals surface area contributed by atoms with Gasteiger partial charge < -0.3 is 11.1 Å². The predicted octanol–water partition coefficient (Wildman–Crippen LogP) is 3.45. The van der Waals surface area contributed by atoms with E-state index in [9.17, 15) is 18.0 Å². The molecule has 0 aliphatic heterocycles. The Morgan fingerprint density at radius 2 is 1.72 bits per heavy atom. The van der Waals surface area contributed by atoms with E-state index in [1.165, 1.54) is 30.6 Å². The van der Waals surface area contributed by atoms with Crippen LogP contribution < -0.4 is 11.1 Å². The van der Waals surface area contributed by atoms with Gasteiger partial charge in [0.15, 0.2) is 0 Å². The lowest BCUT2D eigenvalue weighted by Crippen LogP contribution is -2.15. The van der Waals surface area contributed by atoms with Crippen LogP contribution in [0.1, 0.15) is 32.7 Å². The van der Waals surface area contributed by atoms with Crippen molar-refractivity contribution in [1.29, 1.82) is 5.41 Å². The van der Waals surface area contributed by atoms with Crippen molar-refractivity contribution in [1.82, 2.24) is 15.0 Å². The lowest BCUT2D eigenvalue weighted by atomic mass is 10.0. The van der Waals surface area contributed by atoms with Crippen LogP contribution in [-0.4, -0.2) is 26.6 Å². The lowest BCUT2D eigenvalue weighted by molar-refractivity contribution is -0.137. The first-order valence-electron chi connectivity index (χ1n) is 8.28. The molecule has 0 saturated heterocycles. The van der Waals surface area contributed by atoms with E-state index in [0.717, 1.165) is 18.3 Å². The van der Waals surface area contributed by atoms with Crippen LogP contribution >= 0.6 is 0 Å². The summed E-state index contributed by atoms with van der Waals surface area (Å²) in [5.74, 6) is -0.680. The van der Waals surface area contributed by atoms with E-state index >= 15 is 0 Å². The van der Waals surface area contributed by atoms with Gasteiger partial charge >= 0.3 is 6.18 Å². The van der Waals surface area contributed by atoms with Gasteiger partial charge in [0.1, 0.15) is 18.0 Å². The highest BCUT2D eigenvalue weighted by Crippen LogP contribution is 2.30. The van der Waals surface area contributed by atoms with Crippen LogP contribution in [0.5, 0.6) is 0 Å². The Morgan fingerprint density at radius 3 is 2.34 bits per heavy atom. The summed E-state index contributed by atoms with van der Waals surface area (Å²) in [6, 6.07) is 7.52. The van der Waals surface area contributed by atoms with Crippen LogP contribution in [0.25, 0.3) is 0 Å². The molecule has 0 atom stereocenters. The van der Waals surface area contributed by atoms with Crippen molar-refractivity contribution >= 4 is 23.3 Å². The number of nitrogens with zero attached hydrogens (tertiary/aromatic N) is 3. The normalized spacial score (nSPS) is 11.2. The molecule has 2 heterocycles. The van der Waals surface area contributed by atoms with E-state index in [2.05, 4.69) is 20.3 Å². The number of aryl methyl sites for hydroxylation is 1. The molecule has 2 aromatic heterocycles. The summed E-state index contributed by atoms with van der Waals surface area (Å²) in [5.41, 5.74) is 6.59. The topological polar surface area (TPSA) is 118 Å². The van der Waals surface area contributed by atoms with Crippen molar-refractivity contribution in [2.24, 2.45) is 0 Å². The molecule has 0 spiro atoms. The van der Waals surface area contributed by atoms with Crippen molar-refractivity contribution in [2.45, 2.75) is 13.1 Å². The number of pyridine rings is 1. The van der Waals surface area contributed by atoms with E-state index in [0.29, 0.717) is 16.8 Å². The van der Waals surface area contributed by atoms with Crippen molar-refractivity contribution < 1.29 is 18.0 Å². The van der Waals surface area contributed by atoms with Crippen molar-refractivity contribution in [3.8, 4) is 0 Å². The molecule has 0 aliphatic rings. The highest BCUT2D eigenvalue weighted by molar-refractivity contribution is 6.14. The number of nitrogens with two attached hydrogens (primary N) is 1. The van der Waals surface area contributed by atoms with Crippen molar-refractivity contribution in [2.75, 3.05) is 11.1 Å². The molecular formula is C19H15F3N6O. The quantitative estimate of drug-likeness (QED) is 0.580. The molecule has 0 saturated carbocycles. The number of anilines is 2. The number of amides is 1. The molecule has 29 heavy (non-hydrogen) atoms. The number of aromatic nitrogens is 3. The van der Waals surface area contributed by atoms with Crippen LogP contribution in [0.3, 0.4) is 0 Å². The van der Waals surface area contributed by atoms with E-state index in [1.807, 2.05) is 0 Å². The maximum Gasteiger partial charge on any atom is 0.416 e. The molecular weight excluding hydrogens is 385 g/mol. The third-order valence-corrected chi connectivity index (χ3v) is 4.08. The number of alkyl halides is 3. The zero-order chi connectivity index (χ0) is 21.2. The molecule has 1 aromatic carbocycles. The maximum atomic E-state index is 12.8. The molecule has 0 unspecified atom stereocenters. The van der Waals surface area contributed by atoms with Crippen LogP contribution in [0, 0.1) is 12.3 Å². The summed E-state index contributed by atoms with van der Waals surface area (Å²) < 4.78 is 38.3. The zero-order valence-electron chi connectivity index (χ0n) is 15.1. The van der Waals surface area contributed by atoms with Gasteiger partial charge in [0.25, 0.3) is 5.91 Å². The number of nitrogens with one attached hydrogen (secondary N) is 2. The van der Waals surface area contributed by atoms with Crippen LogP contribution in [-0.2, 0) is 6.18 Å². The number of carbonyl (C=O) groups excluding carboxylic acids is 1. The SMILES string of the molecule is Cc1ncnc(N)c1C(=N)c1ccc(C(=O)Nc2cc(C(F)(F)F)ccn2)cc1. The summed E-state index contributed by atoms with van der Waals surface area (Å²) in [6.07, 6.45) is -2.26. The molecule has 0 aliphatic carbocycles. The van der Waals surface area contributed by atoms with Gasteiger partial charge in [0.05, 0.1) is 22.5 Å². The minimum atomic E-state index is -4.54. The van der Waals surface area contributed by atoms with Crippen molar-refractivity contribution in [3.05, 3.63) is 76.9 Å². The second-order valence-corrected chi connectivity index (χ2v) is 6.05. The second-order valence-electron chi connectivity index (χ2n) is 6.05. The average molecular weight is 400 g/mol. The summed E-state index contributed by atoms with van der Waals surface area (Å²) >= 11 is 0. The summed E-state index contributed by atoms with van der Waals surface area (Å²) in [5, 5.41) is 10.6. The average Bonchev–Trinajstić information content (AvgIpc) is 2.67. The standard InChI is InChI=1S/C19H15F3N6O/c1-10-15(17(24)27-9-26-10)16(23)11-2-4-12(5-3-11)18(29)28-14-8-13(6-7-25-14)19(20,21)22/h2-9,23H,1H3,(H2,24,26,27)(H,25,28,29). The molecule has 0 radical (unpaired) electrons. The molecule has 10 heteroatoms. The Kier molecular flexibility index (Phi) is 5.26. The molecule has 3 rings (SSSR count). The summed E-state index contributed by atoms with van der Waals surface area (Å²) in [4.78, 5) is 23.9. The zero-order valence-corrected chi connectivity index (χ0v) is 15.1. The minimum absolute atomic E-state index is 0.0899. The number of carbonyl (C=O) groups is 1. The smallest absolute Gasteiger partial charge is 0.383 e. The molecule has 3 aromatic rings.